The third-order valence-corrected chi connectivity index (χ3v) is 8.76. The van der Waals surface area contributed by atoms with Crippen LogP contribution in [0, 0.1) is 0 Å². The van der Waals surface area contributed by atoms with Gasteiger partial charge in [-0.1, -0.05) is 38.3 Å². The van der Waals surface area contributed by atoms with E-state index < -0.39 is 28.1 Å². The van der Waals surface area contributed by atoms with Gasteiger partial charge in [0.05, 0.1) is 11.4 Å². The summed E-state index contributed by atoms with van der Waals surface area (Å²) in [7, 11) is -4.03. The van der Waals surface area contributed by atoms with E-state index in [9.17, 15) is 22.8 Å². The minimum Gasteiger partial charge on any atom is -0.337 e. The monoisotopic (exact) mass is 518 g/mol. The molecule has 1 fully saturated rings. The zero-order chi connectivity index (χ0) is 26.5. The predicted molar refractivity (Wildman–Crippen MR) is 138 cm³/mol. The first-order valence-corrected chi connectivity index (χ1v) is 14.2. The van der Waals surface area contributed by atoms with Gasteiger partial charge in [0.1, 0.15) is 0 Å². The van der Waals surface area contributed by atoms with E-state index in [4.69, 9.17) is 0 Å². The topological polar surface area (TPSA) is 116 Å². The Morgan fingerprint density at radius 3 is 2.31 bits per heavy atom. The van der Waals surface area contributed by atoms with Gasteiger partial charge in [0.15, 0.2) is 0 Å². The minimum atomic E-state index is -4.03. The van der Waals surface area contributed by atoms with Crippen molar-refractivity contribution in [1.29, 1.82) is 0 Å². The van der Waals surface area contributed by atoms with Crippen molar-refractivity contribution in [3.63, 3.8) is 0 Å². The Kier molecular flexibility index (Phi) is 9.16. The Morgan fingerprint density at radius 1 is 1.11 bits per heavy atom. The molecule has 3 rings (SSSR count). The van der Waals surface area contributed by atoms with Crippen molar-refractivity contribution in [3.8, 4) is 0 Å². The molecule has 0 aromatic heterocycles. The van der Waals surface area contributed by atoms with Crippen LogP contribution in [-0.2, 0) is 21.2 Å². The molecule has 2 aliphatic rings. The molecule has 1 aromatic carbocycles. The van der Waals surface area contributed by atoms with Crippen LogP contribution < -0.4 is 10.6 Å². The highest BCUT2D eigenvalue weighted by molar-refractivity contribution is 7.89. The fourth-order valence-electron chi connectivity index (χ4n) is 4.82. The lowest BCUT2D eigenvalue weighted by Crippen LogP contribution is -2.50. The summed E-state index contributed by atoms with van der Waals surface area (Å²) in [5.41, 5.74) is 2.43. The fourth-order valence-corrected chi connectivity index (χ4v) is 6.36. The lowest BCUT2D eigenvalue weighted by molar-refractivity contribution is -0.123. The molecule has 0 spiro atoms. The first-order chi connectivity index (χ1) is 17.1. The minimum absolute atomic E-state index is 0.00407. The largest absolute Gasteiger partial charge is 0.337 e. The molecule has 0 bridgehead atoms. The third kappa shape index (κ3) is 6.27. The number of amides is 5. The molecule has 1 aliphatic carbocycles. The van der Waals surface area contributed by atoms with E-state index in [1.54, 1.807) is 26.0 Å². The molecule has 5 amide bonds. The summed E-state index contributed by atoms with van der Waals surface area (Å²) in [4.78, 5) is 38.9. The van der Waals surface area contributed by atoms with Crippen molar-refractivity contribution in [2.45, 2.75) is 89.6 Å². The number of sulfonamides is 1. The number of hydrogen-bond acceptors (Lipinski definition) is 5. The van der Waals surface area contributed by atoms with Crippen molar-refractivity contribution in [2.24, 2.45) is 0 Å². The average molecular weight is 519 g/mol. The van der Waals surface area contributed by atoms with Gasteiger partial charge in [-0.15, -0.1) is 0 Å². The Balaban J connectivity index is 1.58. The summed E-state index contributed by atoms with van der Waals surface area (Å²) < 4.78 is 27.5. The SMILES string of the molecule is CCC1=C(C)CN(C(=O)NCCc2ccc(S(=O)(=O)N(C(=O)NC3CCCCC3)C(C)C)cc2)C1=O. The molecule has 1 aliphatic heterocycles. The van der Waals surface area contributed by atoms with Crippen LogP contribution in [0.3, 0.4) is 0 Å². The quantitative estimate of drug-likeness (QED) is 0.541. The van der Waals surface area contributed by atoms with Crippen molar-refractivity contribution >= 4 is 28.0 Å². The molecule has 36 heavy (non-hydrogen) atoms. The van der Waals surface area contributed by atoms with Crippen LogP contribution in [0.2, 0.25) is 0 Å². The van der Waals surface area contributed by atoms with Crippen LogP contribution >= 0.6 is 0 Å². The average Bonchev–Trinajstić information content (AvgIpc) is 3.12. The first kappa shape index (κ1) is 27.7. The second-order valence-corrected chi connectivity index (χ2v) is 11.6. The summed E-state index contributed by atoms with van der Waals surface area (Å²) in [5, 5.41) is 5.66. The van der Waals surface area contributed by atoms with Gasteiger partial charge < -0.3 is 10.6 Å². The highest BCUT2D eigenvalue weighted by Crippen LogP contribution is 2.23. The molecule has 1 heterocycles. The maximum atomic E-state index is 13.3. The Bertz CT molecular complexity index is 1110. The van der Waals surface area contributed by atoms with Gasteiger partial charge in [-0.05, 0) is 69.7 Å². The van der Waals surface area contributed by atoms with Gasteiger partial charge in [0, 0.05) is 24.2 Å². The van der Waals surface area contributed by atoms with E-state index in [0.29, 0.717) is 31.5 Å². The van der Waals surface area contributed by atoms with Crippen molar-refractivity contribution in [1.82, 2.24) is 19.8 Å². The fraction of sp³-hybridized carbons (Fsp3) is 0.577. The molecular formula is C26H38N4O5S. The Labute approximate surface area is 214 Å². The number of carbonyl (C=O) groups is 3. The summed E-state index contributed by atoms with van der Waals surface area (Å²) >= 11 is 0. The number of benzene rings is 1. The lowest BCUT2D eigenvalue weighted by Gasteiger charge is -2.30. The standard InChI is InChI=1S/C26H38N4O5S/c1-5-23-19(4)17-29(24(23)31)25(32)27-16-15-20-11-13-22(14-12-20)36(34,35)30(18(2)3)26(33)28-21-9-7-6-8-10-21/h11-14,18,21H,5-10,15-17H2,1-4H3,(H,27,32)(H,28,33). The van der Waals surface area contributed by atoms with E-state index in [-0.39, 0.29) is 16.8 Å². The predicted octanol–water partition coefficient (Wildman–Crippen LogP) is 3.95. The number of hydrogen-bond donors (Lipinski definition) is 2. The van der Waals surface area contributed by atoms with Crippen LogP contribution in [0.15, 0.2) is 40.3 Å². The number of nitrogens with one attached hydrogen (secondary N) is 2. The third-order valence-electron chi connectivity index (χ3n) is 6.78. The number of urea groups is 2. The molecule has 9 nitrogen and oxygen atoms in total. The van der Waals surface area contributed by atoms with Crippen LogP contribution in [0.25, 0.3) is 0 Å². The van der Waals surface area contributed by atoms with E-state index in [0.717, 1.165) is 47.5 Å². The van der Waals surface area contributed by atoms with Crippen molar-refractivity contribution in [3.05, 3.63) is 41.0 Å². The van der Waals surface area contributed by atoms with Gasteiger partial charge in [-0.3, -0.25) is 9.69 Å². The van der Waals surface area contributed by atoms with Gasteiger partial charge in [-0.2, -0.15) is 0 Å². The normalized spacial score (nSPS) is 17.0. The number of nitrogens with zero attached hydrogens (tertiary/aromatic N) is 2. The maximum Gasteiger partial charge on any atom is 0.331 e. The molecule has 2 N–H and O–H groups in total. The van der Waals surface area contributed by atoms with Gasteiger partial charge in [0.25, 0.3) is 15.9 Å². The smallest absolute Gasteiger partial charge is 0.331 e. The molecule has 1 aromatic rings. The second-order valence-electron chi connectivity index (χ2n) is 9.81. The molecule has 1 saturated carbocycles. The molecular weight excluding hydrogens is 480 g/mol. The van der Waals surface area contributed by atoms with E-state index in [1.165, 1.54) is 17.0 Å². The summed E-state index contributed by atoms with van der Waals surface area (Å²) in [6, 6.07) is 4.78. The zero-order valence-corrected chi connectivity index (χ0v) is 22.5. The van der Waals surface area contributed by atoms with E-state index in [2.05, 4.69) is 10.6 Å². The van der Waals surface area contributed by atoms with E-state index >= 15 is 0 Å². The highest BCUT2D eigenvalue weighted by atomic mass is 32.2. The molecule has 0 atom stereocenters. The number of carbonyl (C=O) groups excluding carboxylic acids is 3. The van der Waals surface area contributed by atoms with Gasteiger partial charge >= 0.3 is 12.1 Å². The van der Waals surface area contributed by atoms with Crippen LogP contribution in [0.1, 0.15) is 71.8 Å². The highest BCUT2D eigenvalue weighted by Gasteiger charge is 2.33. The van der Waals surface area contributed by atoms with Crippen LogP contribution in [-0.4, -0.2) is 60.8 Å². The zero-order valence-electron chi connectivity index (χ0n) is 21.7. The summed E-state index contributed by atoms with van der Waals surface area (Å²) in [5.74, 6) is -0.246. The Morgan fingerprint density at radius 2 is 1.75 bits per heavy atom. The second kappa shape index (κ2) is 11.9. The number of imide groups is 1. The van der Waals surface area contributed by atoms with Crippen LogP contribution in [0.5, 0.6) is 0 Å². The van der Waals surface area contributed by atoms with Crippen LogP contribution in [0.4, 0.5) is 9.59 Å². The van der Waals surface area contributed by atoms with Crippen molar-refractivity contribution < 1.29 is 22.8 Å². The number of rotatable bonds is 8. The summed E-state index contributed by atoms with van der Waals surface area (Å²) in [6.07, 6.45) is 6.01. The molecule has 10 heteroatoms. The van der Waals surface area contributed by atoms with Crippen molar-refractivity contribution in [2.75, 3.05) is 13.1 Å². The maximum absolute atomic E-state index is 13.3. The molecule has 0 radical (unpaired) electrons. The summed E-state index contributed by atoms with van der Waals surface area (Å²) in [6.45, 7) is 7.73. The molecule has 0 saturated heterocycles. The lowest BCUT2D eigenvalue weighted by atomic mass is 9.96. The van der Waals surface area contributed by atoms with E-state index in [1.807, 2.05) is 13.8 Å². The molecule has 0 unspecified atom stereocenters. The van der Waals surface area contributed by atoms with Gasteiger partial charge in [-0.25, -0.2) is 22.3 Å². The first-order valence-electron chi connectivity index (χ1n) is 12.8. The Hall–Kier alpha value is -2.88. The molecule has 198 valence electrons. The van der Waals surface area contributed by atoms with Gasteiger partial charge in [0.2, 0.25) is 0 Å².